The van der Waals surface area contributed by atoms with Crippen LogP contribution >= 0.6 is 0 Å². The van der Waals surface area contributed by atoms with Gasteiger partial charge >= 0.3 is 12.1 Å². The number of rotatable bonds is 14. The number of hydrogen-bond donors (Lipinski definition) is 3. The minimum atomic E-state index is -0.791. The van der Waals surface area contributed by atoms with Gasteiger partial charge in [-0.05, 0) is 55.1 Å². The van der Waals surface area contributed by atoms with Crippen molar-refractivity contribution < 1.29 is 28.7 Å². The van der Waals surface area contributed by atoms with Gasteiger partial charge in [-0.3, -0.25) is 14.4 Å². The predicted octanol–water partition coefficient (Wildman–Crippen LogP) is 4.15. The molecule has 2 fully saturated rings. The summed E-state index contributed by atoms with van der Waals surface area (Å²) in [6, 6.07) is 18.4. The molecule has 9 heteroatoms. The van der Waals surface area contributed by atoms with Crippen LogP contribution in [0.3, 0.4) is 0 Å². The third kappa shape index (κ3) is 8.11. The molecule has 2 aliphatic rings. The fourth-order valence-electron chi connectivity index (χ4n) is 5.60. The molecule has 0 radical (unpaired) electrons. The molecule has 0 unspecified atom stereocenters. The molecule has 3 N–H and O–H groups in total. The Morgan fingerprint density at radius 2 is 1.60 bits per heavy atom. The summed E-state index contributed by atoms with van der Waals surface area (Å²) in [5, 5.41) is 8.85. The molecule has 1 aliphatic heterocycles. The molecule has 1 saturated carbocycles. The summed E-state index contributed by atoms with van der Waals surface area (Å²) in [5.74, 6) is -0.912. The largest absolute Gasteiger partial charge is 0.451 e. The molecule has 42 heavy (non-hydrogen) atoms. The highest BCUT2D eigenvalue weighted by Crippen LogP contribution is 2.41. The van der Waals surface area contributed by atoms with Gasteiger partial charge in [-0.1, -0.05) is 87.9 Å². The second-order valence-electron chi connectivity index (χ2n) is 11.7. The van der Waals surface area contributed by atoms with E-state index < -0.39 is 24.2 Å². The zero-order valence-corrected chi connectivity index (χ0v) is 24.9. The molecule has 1 heterocycles. The number of aryl methyl sites for hydroxylation is 1. The number of cyclic esters (lactones) is 1. The molecule has 2 aromatic rings. The van der Waals surface area contributed by atoms with Crippen molar-refractivity contribution in [2.45, 2.75) is 84.2 Å². The van der Waals surface area contributed by atoms with Crippen LogP contribution in [0.2, 0.25) is 0 Å². The maximum absolute atomic E-state index is 13.2. The number of amides is 3. The van der Waals surface area contributed by atoms with Crippen LogP contribution < -0.4 is 16.0 Å². The summed E-state index contributed by atoms with van der Waals surface area (Å²) in [6.45, 7) is 7.80. The third-order valence-electron chi connectivity index (χ3n) is 8.69. The molecule has 8 atom stereocenters. The Morgan fingerprint density at radius 1 is 0.952 bits per heavy atom. The van der Waals surface area contributed by atoms with E-state index in [1.807, 2.05) is 62.4 Å². The molecule has 226 valence electrons. The van der Waals surface area contributed by atoms with E-state index >= 15 is 0 Å². The molecule has 0 spiro atoms. The molecule has 1 saturated heterocycles. The number of benzene rings is 2. The minimum Gasteiger partial charge on any atom is -0.451 e. The predicted molar refractivity (Wildman–Crippen MR) is 158 cm³/mol. The Balaban J connectivity index is 1.32. The average molecular weight is 578 g/mol. The number of carbonyl (C=O) groups is 4. The Labute approximate surface area is 248 Å². The average Bonchev–Trinajstić information content (AvgIpc) is 3.76. The number of esters is 1. The van der Waals surface area contributed by atoms with E-state index in [-0.39, 0.29) is 54.2 Å². The number of hydrogen-bond acceptors (Lipinski definition) is 6. The smallest absolute Gasteiger partial charge is 0.408 e. The van der Waals surface area contributed by atoms with Gasteiger partial charge in [-0.25, -0.2) is 4.79 Å². The standard InChI is InChI=1S/C33H43N3O6/c1-5-20(2)28-29(42-32(28)39)31(38)36-27-18-25(27)21(3)26(17-16-23-12-8-6-9-13-23)35-30(37)22(4)34-33(40)41-19-24-14-10-7-11-15-24/h6-15,20-22,25-29H,5,16-19H2,1-4H3,(H,34,40)(H,35,37)(H,36,38)/t20-,21-,22-,25-,26+,27-,28-,29+/m0/s1. The van der Waals surface area contributed by atoms with Crippen molar-refractivity contribution in [1.82, 2.24) is 16.0 Å². The zero-order valence-electron chi connectivity index (χ0n) is 24.9. The van der Waals surface area contributed by atoms with Gasteiger partial charge in [0, 0.05) is 12.1 Å². The second-order valence-corrected chi connectivity index (χ2v) is 11.7. The fraction of sp³-hybridized carbons (Fsp3) is 0.515. The first-order valence-electron chi connectivity index (χ1n) is 15.0. The quantitative estimate of drug-likeness (QED) is 0.290. The van der Waals surface area contributed by atoms with Crippen molar-refractivity contribution in [3.8, 4) is 0 Å². The Hall–Kier alpha value is -3.88. The van der Waals surface area contributed by atoms with Gasteiger partial charge < -0.3 is 25.4 Å². The molecule has 2 aromatic carbocycles. The van der Waals surface area contributed by atoms with Crippen molar-refractivity contribution in [1.29, 1.82) is 0 Å². The highest BCUT2D eigenvalue weighted by molar-refractivity contribution is 5.94. The van der Waals surface area contributed by atoms with Gasteiger partial charge in [0.05, 0.1) is 0 Å². The van der Waals surface area contributed by atoms with Gasteiger partial charge in [0.25, 0.3) is 5.91 Å². The first-order valence-corrected chi connectivity index (χ1v) is 15.0. The minimum absolute atomic E-state index is 0.0379. The van der Waals surface area contributed by atoms with E-state index in [1.165, 1.54) is 5.56 Å². The summed E-state index contributed by atoms with van der Waals surface area (Å²) < 4.78 is 10.5. The Bertz CT molecular complexity index is 1220. The van der Waals surface area contributed by atoms with Crippen molar-refractivity contribution in [3.05, 3.63) is 71.8 Å². The lowest BCUT2D eigenvalue weighted by Gasteiger charge is -2.37. The lowest BCUT2D eigenvalue weighted by molar-refractivity contribution is -0.193. The van der Waals surface area contributed by atoms with E-state index in [9.17, 15) is 19.2 Å². The molecule has 1 aliphatic carbocycles. The van der Waals surface area contributed by atoms with Crippen molar-refractivity contribution >= 4 is 23.9 Å². The lowest BCUT2D eigenvalue weighted by Crippen LogP contribution is -2.56. The highest BCUT2D eigenvalue weighted by Gasteiger charge is 2.52. The van der Waals surface area contributed by atoms with Crippen LogP contribution in [0, 0.1) is 23.7 Å². The fourth-order valence-corrected chi connectivity index (χ4v) is 5.60. The summed E-state index contributed by atoms with van der Waals surface area (Å²) in [7, 11) is 0. The molecular formula is C33H43N3O6. The van der Waals surface area contributed by atoms with Crippen molar-refractivity contribution in [3.63, 3.8) is 0 Å². The van der Waals surface area contributed by atoms with E-state index in [0.29, 0.717) is 6.42 Å². The number of ether oxygens (including phenoxy) is 2. The normalized spacial score (nSPS) is 23.7. The summed E-state index contributed by atoms with van der Waals surface area (Å²) in [6.07, 6.45) is 1.68. The first-order chi connectivity index (χ1) is 20.2. The maximum Gasteiger partial charge on any atom is 0.408 e. The van der Waals surface area contributed by atoms with Crippen LogP contribution in [0.4, 0.5) is 4.79 Å². The topological polar surface area (TPSA) is 123 Å². The van der Waals surface area contributed by atoms with Gasteiger partial charge in [0.15, 0.2) is 6.10 Å². The molecule has 9 nitrogen and oxygen atoms in total. The van der Waals surface area contributed by atoms with Crippen LogP contribution in [0.1, 0.15) is 58.1 Å². The number of carbonyl (C=O) groups excluding carboxylic acids is 4. The molecular weight excluding hydrogens is 534 g/mol. The van der Waals surface area contributed by atoms with Crippen LogP contribution in [0.5, 0.6) is 0 Å². The van der Waals surface area contributed by atoms with Crippen molar-refractivity contribution in [2.24, 2.45) is 23.7 Å². The Morgan fingerprint density at radius 3 is 2.21 bits per heavy atom. The number of alkyl carbamates (subject to hydrolysis) is 1. The van der Waals surface area contributed by atoms with E-state index in [4.69, 9.17) is 9.47 Å². The van der Waals surface area contributed by atoms with Crippen molar-refractivity contribution in [2.75, 3.05) is 0 Å². The van der Waals surface area contributed by atoms with Crippen LogP contribution in [0.25, 0.3) is 0 Å². The van der Waals surface area contributed by atoms with Gasteiger partial charge in [0.1, 0.15) is 18.6 Å². The van der Waals surface area contributed by atoms with Crippen LogP contribution in [-0.2, 0) is 36.9 Å². The van der Waals surface area contributed by atoms with E-state index in [0.717, 1.165) is 24.8 Å². The van der Waals surface area contributed by atoms with E-state index in [1.54, 1.807) is 6.92 Å². The van der Waals surface area contributed by atoms with Crippen LogP contribution in [-0.4, -0.2) is 48.1 Å². The summed E-state index contributed by atoms with van der Waals surface area (Å²) in [4.78, 5) is 50.4. The zero-order chi connectivity index (χ0) is 30.2. The lowest BCUT2D eigenvalue weighted by atomic mass is 9.83. The van der Waals surface area contributed by atoms with Crippen LogP contribution in [0.15, 0.2) is 60.7 Å². The SMILES string of the molecule is CC[C@H](C)[C@@H]1C(=O)O[C@H]1C(=O)N[C@H]1C[C@H]1[C@H](C)[C@@H](CCc1ccccc1)NC(=O)[C@H](C)NC(=O)OCc1ccccc1. The molecule has 0 bridgehead atoms. The van der Waals surface area contributed by atoms with Gasteiger partial charge in [-0.15, -0.1) is 0 Å². The highest BCUT2D eigenvalue weighted by atomic mass is 16.6. The monoisotopic (exact) mass is 577 g/mol. The first kappa shape index (κ1) is 31.1. The summed E-state index contributed by atoms with van der Waals surface area (Å²) in [5.41, 5.74) is 2.03. The number of nitrogens with one attached hydrogen (secondary N) is 3. The molecule has 4 rings (SSSR count). The van der Waals surface area contributed by atoms with Gasteiger partial charge in [-0.2, -0.15) is 0 Å². The maximum atomic E-state index is 13.2. The molecule has 3 amide bonds. The van der Waals surface area contributed by atoms with Gasteiger partial charge in [0.2, 0.25) is 5.91 Å². The molecule has 0 aromatic heterocycles. The summed E-state index contributed by atoms with van der Waals surface area (Å²) >= 11 is 0. The van der Waals surface area contributed by atoms with E-state index in [2.05, 4.69) is 35.0 Å². The Kier molecular flexibility index (Phi) is 10.6. The second kappa shape index (κ2) is 14.3. The third-order valence-corrected chi connectivity index (χ3v) is 8.69.